The van der Waals surface area contributed by atoms with Crippen LogP contribution in [0.3, 0.4) is 0 Å². The fourth-order valence-corrected chi connectivity index (χ4v) is 3.12. The minimum atomic E-state index is -0.984. The molecular formula is C17H22FNO3. The fraction of sp³-hybridized carbons (Fsp3) is 0.529. The van der Waals surface area contributed by atoms with Crippen molar-refractivity contribution in [2.45, 2.75) is 51.9 Å². The molecular weight excluding hydrogens is 285 g/mol. The number of rotatable bonds is 4. The van der Waals surface area contributed by atoms with E-state index < -0.39 is 11.4 Å². The first-order valence-corrected chi connectivity index (χ1v) is 7.73. The van der Waals surface area contributed by atoms with Crippen molar-refractivity contribution in [3.63, 3.8) is 0 Å². The molecule has 1 aromatic rings. The van der Waals surface area contributed by atoms with E-state index in [9.17, 15) is 19.1 Å². The number of nitrogens with one attached hydrogen (secondary N) is 1. The van der Waals surface area contributed by atoms with Crippen molar-refractivity contribution in [2.75, 3.05) is 5.32 Å². The molecule has 2 rings (SSSR count). The number of amides is 1. The maximum atomic E-state index is 13.5. The van der Waals surface area contributed by atoms with E-state index in [1.54, 1.807) is 13.0 Å². The minimum Gasteiger partial charge on any atom is -0.481 e. The van der Waals surface area contributed by atoms with E-state index in [1.165, 1.54) is 12.1 Å². The van der Waals surface area contributed by atoms with Crippen LogP contribution in [0.4, 0.5) is 10.1 Å². The summed E-state index contributed by atoms with van der Waals surface area (Å²) in [7, 11) is 0. The zero-order valence-electron chi connectivity index (χ0n) is 12.8. The second-order valence-electron chi connectivity index (χ2n) is 6.14. The van der Waals surface area contributed by atoms with Crippen molar-refractivity contribution in [1.82, 2.24) is 0 Å². The summed E-state index contributed by atoms with van der Waals surface area (Å²) in [6, 6.07) is 4.47. The maximum Gasteiger partial charge on any atom is 0.310 e. The summed E-state index contributed by atoms with van der Waals surface area (Å²) in [4.78, 5) is 24.0. The smallest absolute Gasteiger partial charge is 0.310 e. The lowest BCUT2D eigenvalue weighted by Crippen LogP contribution is -2.35. The SMILES string of the molecule is Cc1c(F)cccc1NC(=O)CC1(C(=O)O)CCCCCC1. The van der Waals surface area contributed by atoms with E-state index in [1.807, 2.05) is 0 Å². The van der Waals surface area contributed by atoms with E-state index in [2.05, 4.69) is 5.32 Å². The van der Waals surface area contributed by atoms with Crippen LogP contribution in [0, 0.1) is 18.2 Å². The number of carboxylic acid groups (broad SMARTS) is 1. The van der Waals surface area contributed by atoms with Crippen molar-refractivity contribution >= 4 is 17.6 Å². The summed E-state index contributed by atoms with van der Waals surface area (Å²) in [5.74, 6) is -1.65. The summed E-state index contributed by atoms with van der Waals surface area (Å²) >= 11 is 0. The number of carbonyl (C=O) groups is 2. The number of aliphatic carboxylic acids is 1. The molecule has 120 valence electrons. The Labute approximate surface area is 129 Å². The topological polar surface area (TPSA) is 66.4 Å². The van der Waals surface area contributed by atoms with Crippen LogP contribution in [0.2, 0.25) is 0 Å². The van der Waals surface area contributed by atoms with Crippen molar-refractivity contribution in [3.8, 4) is 0 Å². The third-order valence-corrected chi connectivity index (χ3v) is 4.56. The van der Waals surface area contributed by atoms with Crippen molar-refractivity contribution in [2.24, 2.45) is 5.41 Å². The Balaban J connectivity index is 2.11. The molecule has 0 heterocycles. The average Bonchev–Trinajstić information content (AvgIpc) is 2.70. The highest BCUT2D eigenvalue weighted by molar-refractivity contribution is 5.94. The van der Waals surface area contributed by atoms with E-state index in [0.717, 1.165) is 25.7 Å². The molecule has 1 saturated carbocycles. The van der Waals surface area contributed by atoms with Gasteiger partial charge in [-0.05, 0) is 31.9 Å². The molecule has 0 aromatic heterocycles. The molecule has 0 aliphatic heterocycles. The number of carboxylic acids is 1. The first-order chi connectivity index (χ1) is 10.4. The Bertz CT molecular complexity index is 563. The summed E-state index contributed by atoms with van der Waals surface area (Å²) in [6.07, 6.45) is 4.69. The van der Waals surface area contributed by atoms with Crippen LogP contribution in [0.25, 0.3) is 0 Å². The lowest BCUT2D eigenvalue weighted by atomic mass is 9.77. The summed E-state index contributed by atoms with van der Waals surface area (Å²) in [5, 5.41) is 12.2. The minimum absolute atomic E-state index is 0.0573. The second kappa shape index (κ2) is 6.90. The van der Waals surface area contributed by atoms with E-state index in [0.29, 0.717) is 24.1 Å². The van der Waals surface area contributed by atoms with Gasteiger partial charge in [0.1, 0.15) is 5.82 Å². The molecule has 1 aliphatic carbocycles. The number of benzene rings is 1. The number of anilines is 1. The number of hydrogen-bond acceptors (Lipinski definition) is 2. The summed E-state index contributed by atoms with van der Waals surface area (Å²) in [6.45, 7) is 1.59. The Hall–Kier alpha value is -1.91. The highest BCUT2D eigenvalue weighted by Crippen LogP contribution is 2.38. The fourth-order valence-electron chi connectivity index (χ4n) is 3.12. The molecule has 0 saturated heterocycles. The molecule has 1 aromatic carbocycles. The molecule has 22 heavy (non-hydrogen) atoms. The van der Waals surface area contributed by atoms with Gasteiger partial charge in [-0.15, -0.1) is 0 Å². The molecule has 1 aliphatic rings. The monoisotopic (exact) mass is 307 g/mol. The van der Waals surface area contributed by atoms with Gasteiger partial charge in [0.15, 0.2) is 0 Å². The van der Waals surface area contributed by atoms with Gasteiger partial charge in [0.2, 0.25) is 5.91 Å². The van der Waals surface area contributed by atoms with Gasteiger partial charge < -0.3 is 10.4 Å². The van der Waals surface area contributed by atoms with E-state index in [-0.39, 0.29) is 18.1 Å². The summed E-state index contributed by atoms with van der Waals surface area (Å²) in [5.41, 5.74) is -0.220. The normalized spacial score (nSPS) is 17.5. The van der Waals surface area contributed by atoms with Crippen LogP contribution in [0.15, 0.2) is 18.2 Å². The Morgan fingerprint density at radius 1 is 1.23 bits per heavy atom. The third-order valence-electron chi connectivity index (χ3n) is 4.56. The zero-order valence-corrected chi connectivity index (χ0v) is 12.8. The van der Waals surface area contributed by atoms with Crippen molar-refractivity contribution < 1.29 is 19.1 Å². The molecule has 0 unspecified atom stereocenters. The van der Waals surface area contributed by atoms with Gasteiger partial charge in [-0.1, -0.05) is 31.7 Å². The molecule has 4 nitrogen and oxygen atoms in total. The molecule has 0 atom stereocenters. The predicted molar refractivity (Wildman–Crippen MR) is 82.2 cm³/mol. The summed E-state index contributed by atoms with van der Waals surface area (Å²) < 4.78 is 13.5. The molecule has 0 radical (unpaired) electrons. The Morgan fingerprint density at radius 3 is 2.45 bits per heavy atom. The third kappa shape index (κ3) is 3.64. The average molecular weight is 307 g/mol. The lowest BCUT2D eigenvalue weighted by molar-refractivity contribution is -0.152. The van der Waals surface area contributed by atoms with Crippen LogP contribution in [-0.2, 0) is 9.59 Å². The Morgan fingerprint density at radius 2 is 1.86 bits per heavy atom. The van der Waals surface area contributed by atoms with Gasteiger partial charge in [0.05, 0.1) is 5.41 Å². The second-order valence-corrected chi connectivity index (χ2v) is 6.14. The Kier molecular flexibility index (Phi) is 5.16. The number of carbonyl (C=O) groups excluding carboxylic acids is 1. The van der Waals surface area contributed by atoms with Crippen LogP contribution >= 0.6 is 0 Å². The zero-order chi connectivity index (χ0) is 16.2. The van der Waals surface area contributed by atoms with Gasteiger partial charge in [0.25, 0.3) is 0 Å². The number of halogens is 1. The van der Waals surface area contributed by atoms with Gasteiger partial charge in [-0.2, -0.15) is 0 Å². The van der Waals surface area contributed by atoms with Crippen molar-refractivity contribution in [3.05, 3.63) is 29.6 Å². The quantitative estimate of drug-likeness (QED) is 0.829. The van der Waals surface area contributed by atoms with Crippen LogP contribution in [0.1, 0.15) is 50.5 Å². The van der Waals surface area contributed by atoms with Crippen molar-refractivity contribution in [1.29, 1.82) is 0 Å². The van der Waals surface area contributed by atoms with Crippen LogP contribution in [0.5, 0.6) is 0 Å². The first kappa shape index (κ1) is 16.5. The maximum absolute atomic E-state index is 13.5. The largest absolute Gasteiger partial charge is 0.481 e. The first-order valence-electron chi connectivity index (χ1n) is 7.73. The molecule has 0 spiro atoms. The lowest BCUT2D eigenvalue weighted by Gasteiger charge is -2.27. The highest BCUT2D eigenvalue weighted by atomic mass is 19.1. The van der Waals surface area contributed by atoms with Gasteiger partial charge >= 0.3 is 5.97 Å². The number of hydrogen-bond donors (Lipinski definition) is 2. The molecule has 0 bridgehead atoms. The van der Waals surface area contributed by atoms with Crippen LogP contribution < -0.4 is 5.32 Å². The highest BCUT2D eigenvalue weighted by Gasteiger charge is 2.40. The molecule has 1 amide bonds. The standard InChI is InChI=1S/C17H22FNO3/c1-12-13(18)7-6-8-14(12)19-15(20)11-17(16(21)22)9-4-2-3-5-10-17/h6-8H,2-5,9-11H2,1H3,(H,19,20)(H,21,22). The van der Waals surface area contributed by atoms with E-state index >= 15 is 0 Å². The molecule has 2 N–H and O–H groups in total. The van der Waals surface area contributed by atoms with Gasteiger partial charge in [0, 0.05) is 17.7 Å². The molecule has 1 fully saturated rings. The molecule has 5 heteroatoms. The van der Waals surface area contributed by atoms with E-state index in [4.69, 9.17) is 0 Å². The van der Waals surface area contributed by atoms with Crippen LogP contribution in [-0.4, -0.2) is 17.0 Å². The predicted octanol–water partition coefficient (Wildman–Crippen LogP) is 3.89. The van der Waals surface area contributed by atoms with Gasteiger partial charge in [-0.3, -0.25) is 9.59 Å². The van der Waals surface area contributed by atoms with Gasteiger partial charge in [-0.25, -0.2) is 4.39 Å².